The predicted octanol–water partition coefficient (Wildman–Crippen LogP) is 5.24. The first-order chi connectivity index (χ1) is 14.1. The number of rotatable bonds is 8. The molecule has 2 aromatic rings. The summed E-state index contributed by atoms with van der Waals surface area (Å²) in [5.41, 5.74) is 2.39. The number of unbranched alkanes of at least 4 members (excludes halogenated alkanes) is 1. The molecule has 0 spiro atoms. The van der Waals surface area contributed by atoms with Gasteiger partial charge in [-0.2, -0.15) is 0 Å². The second kappa shape index (κ2) is 10.3. The summed E-state index contributed by atoms with van der Waals surface area (Å²) in [6.45, 7) is 2.77. The summed E-state index contributed by atoms with van der Waals surface area (Å²) in [4.78, 5) is 26.0. The van der Waals surface area contributed by atoms with Crippen LogP contribution in [0.25, 0.3) is 6.08 Å². The molecule has 0 radical (unpaired) electrons. The van der Waals surface area contributed by atoms with Gasteiger partial charge in [0.15, 0.2) is 0 Å². The molecular formula is C23H27NO4S. The Labute approximate surface area is 175 Å². The third kappa shape index (κ3) is 5.26. The topological polar surface area (TPSA) is 64.6 Å². The molecule has 1 aromatic carbocycles. The Morgan fingerprint density at radius 3 is 2.79 bits per heavy atom. The molecule has 0 aliphatic heterocycles. The Morgan fingerprint density at radius 2 is 2.00 bits per heavy atom. The van der Waals surface area contributed by atoms with Gasteiger partial charge in [-0.15, -0.1) is 11.3 Å². The summed E-state index contributed by atoms with van der Waals surface area (Å²) in [5, 5.41) is 3.45. The van der Waals surface area contributed by atoms with E-state index in [-0.39, 0.29) is 5.91 Å². The number of amides is 1. The number of benzene rings is 1. The van der Waals surface area contributed by atoms with Crippen LogP contribution in [0, 0.1) is 0 Å². The highest BCUT2D eigenvalue weighted by atomic mass is 32.1. The molecule has 1 aliphatic carbocycles. The zero-order valence-corrected chi connectivity index (χ0v) is 17.8. The van der Waals surface area contributed by atoms with E-state index in [1.807, 2.05) is 24.3 Å². The number of carbonyl (C=O) groups is 2. The standard InChI is InChI=1S/C23H27NO4S/c1-3-4-15-28-18-11-7-5-9-16(18)13-14-20(25)24-22-21(23(26)27-2)17-10-6-8-12-19(17)29-22/h5,7,9,11,13-14H,3-4,6,8,10,12,15H2,1-2H3,(H,24,25)/b14-13+. The molecule has 5 nitrogen and oxygen atoms in total. The number of hydrogen-bond acceptors (Lipinski definition) is 5. The maximum Gasteiger partial charge on any atom is 0.341 e. The molecule has 154 valence electrons. The third-order valence-electron chi connectivity index (χ3n) is 4.89. The molecule has 1 amide bonds. The minimum Gasteiger partial charge on any atom is -0.493 e. The Kier molecular flexibility index (Phi) is 7.47. The van der Waals surface area contributed by atoms with Gasteiger partial charge in [-0.05, 0) is 49.8 Å². The Bertz CT molecular complexity index is 900. The monoisotopic (exact) mass is 413 g/mol. The van der Waals surface area contributed by atoms with Gasteiger partial charge in [-0.1, -0.05) is 31.5 Å². The Hall–Kier alpha value is -2.60. The smallest absolute Gasteiger partial charge is 0.341 e. The van der Waals surface area contributed by atoms with Crippen molar-refractivity contribution in [1.82, 2.24) is 0 Å². The van der Waals surface area contributed by atoms with Gasteiger partial charge in [-0.25, -0.2) is 4.79 Å². The third-order valence-corrected chi connectivity index (χ3v) is 6.09. The number of para-hydroxylation sites is 1. The van der Waals surface area contributed by atoms with Crippen molar-refractivity contribution in [1.29, 1.82) is 0 Å². The normalized spacial score (nSPS) is 13.2. The molecule has 1 aliphatic rings. The molecule has 0 bridgehead atoms. The van der Waals surface area contributed by atoms with E-state index in [0.29, 0.717) is 17.2 Å². The van der Waals surface area contributed by atoms with Crippen LogP contribution >= 0.6 is 11.3 Å². The van der Waals surface area contributed by atoms with E-state index in [9.17, 15) is 9.59 Å². The molecule has 1 N–H and O–H groups in total. The summed E-state index contributed by atoms with van der Waals surface area (Å²) in [5.74, 6) is 0.0855. The number of anilines is 1. The van der Waals surface area contributed by atoms with Gasteiger partial charge in [0.2, 0.25) is 5.91 Å². The highest BCUT2D eigenvalue weighted by molar-refractivity contribution is 7.17. The zero-order chi connectivity index (χ0) is 20.6. The first kappa shape index (κ1) is 21.1. The molecule has 6 heteroatoms. The highest BCUT2D eigenvalue weighted by Gasteiger charge is 2.26. The van der Waals surface area contributed by atoms with Crippen LogP contribution < -0.4 is 10.1 Å². The van der Waals surface area contributed by atoms with Crippen molar-refractivity contribution in [3.05, 3.63) is 51.9 Å². The van der Waals surface area contributed by atoms with Gasteiger partial charge < -0.3 is 14.8 Å². The summed E-state index contributed by atoms with van der Waals surface area (Å²) in [6.07, 6.45) is 9.21. The van der Waals surface area contributed by atoms with Crippen LogP contribution in [-0.4, -0.2) is 25.6 Å². The number of hydrogen-bond donors (Lipinski definition) is 1. The van der Waals surface area contributed by atoms with E-state index in [1.54, 1.807) is 6.08 Å². The molecule has 29 heavy (non-hydrogen) atoms. The first-order valence-electron chi connectivity index (χ1n) is 10.1. The number of carbonyl (C=O) groups excluding carboxylic acids is 2. The van der Waals surface area contributed by atoms with Gasteiger partial charge in [-0.3, -0.25) is 4.79 Å². The van der Waals surface area contributed by atoms with Crippen LogP contribution in [0.3, 0.4) is 0 Å². The molecular weight excluding hydrogens is 386 g/mol. The van der Waals surface area contributed by atoms with Crippen molar-refractivity contribution in [3.63, 3.8) is 0 Å². The summed E-state index contributed by atoms with van der Waals surface area (Å²) in [7, 11) is 1.37. The predicted molar refractivity (Wildman–Crippen MR) is 117 cm³/mol. The van der Waals surface area contributed by atoms with E-state index < -0.39 is 5.97 Å². The van der Waals surface area contributed by atoms with Crippen molar-refractivity contribution in [3.8, 4) is 5.75 Å². The van der Waals surface area contributed by atoms with Crippen molar-refractivity contribution in [2.24, 2.45) is 0 Å². The second-order valence-electron chi connectivity index (χ2n) is 6.97. The van der Waals surface area contributed by atoms with Crippen LogP contribution in [0.2, 0.25) is 0 Å². The molecule has 0 saturated carbocycles. The molecule has 0 unspecified atom stereocenters. The lowest BCUT2D eigenvalue weighted by atomic mass is 9.95. The SMILES string of the molecule is CCCCOc1ccccc1/C=C/C(=O)Nc1sc2c(c1C(=O)OC)CCCC2. The number of aryl methyl sites for hydroxylation is 1. The van der Waals surface area contributed by atoms with Crippen LogP contribution in [0.5, 0.6) is 5.75 Å². The fourth-order valence-corrected chi connectivity index (χ4v) is 4.65. The van der Waals surface area contributed by atoms with Gasteiger partial charge in [0.05, 0.1) is 19.3 Å². The largest absolute Gasteiger partial charge is 0.493 e. The van der Waals surface area contributed by atoms with E-state index in [1.165, 1.54) is 29.4 Å². The van der Waals surface area contributed by atoms with Gasteiger partial charge in [0.25, 0.3) is 0 Å². The summed E-state index contributed by atoms with van der Waals surface area (Å²) < 4.78 is 10.8. The lowest BCUT2D eigenvalue weighted by molar-refractivity contribution is -0.111. The Morgan fingerprint density at radius 1 is 1.21 bits per heavy atom. The maximum absolute atomic E-state index is 12.5. The van der Waals surface area contributed by atoms with Crippen LogP contribution in [-0.2, 0) is 22.4 Å². The van der Waals surface area contributed by atoms with Crippen molar-refractivity contribution >= 4 is 34.3 Å². The summed E-state index contributed by atoms with van der Waals surface area (Å²) >= 11 is 1.48. The lowest BCUT2D eigenvalue weighted by Crippen LogP contribution is -2.13. The molecule has 3 rings (SSSR count). The first-order valence-corrected chi connectivity index (χ1v) is 10.9. The van der Waals surface area contributed by atoms with Crippen molar-refractivity contribution < 1.29 is 19.1 Å². The maximum atomic E-state index is 12.5. The number of ether oxygens (including phenoxy) is 2. The highest BCUT2D eigenvalue weighted by Crippen LogP contribution is 2.38. The quantitative estimate of drug-likeness (QED) is 0.365. The molecule has 1 heterocycles. The Balaban J connectivity index is 1.75. The fourth-order valence-electron chi connectivity index (χ4n) is 3.37. The summed E-state index contributed by atoms with van der Waals surface area (Å²) in [6, 6.07) is 7.63. The zero-order valence-electron chi connectivity index (χ0n) is 17.0. The number of nitrogens with one attached hydrogen (secondary N) is 1. The average Bonchev–Trinajstić information content (AvgIpc) is 3.10. The van der Waals surface area contributed by atoms with Gasteiger partial charge in [0.1, 0.15) is 10.8 Å². The van der Waals surface area contributed by atoms with Crippen molar-refractivity contribution in [2.45, 2.75) is 45.4 Å². The van der Waals surface area contributed by atoms with Gasteiger partial charge in [0, 0.05) is 16.5 Å². The second-order valence-corrected chi connectivity index (χ2v) is 8.07. The number of esters is 1. The van der Waals surface area contributed by atoms with Gasteiger partial charge >= 0.3 is 5.97 Å². The number of thiophene rings is 1. The van der Waals surface area contributed by atoms with Crippen LogP contribution in [0.4, 0.5) is 5.00 Å². The van der Waals surface area contributed by atoms with E-state index in [2.05, 4.69) is 12.2 Å². The van der Waals surface area contributed by atoms with Crippen LogP contribution in [0.1, 0.15) is 59.0 Å². The minimum atomic E-state index is -0.390. The van der Waals surface area contributed by atoms with Crippen LogP contribution in [0.15, 0.2) is 30.3 Å². The molecule has 0 fully saturated rings. The molecule has 0 saturated heterocycles. The average molecular weight is 414 g/mol. The number of methoxy groups -OCH3 is 1. The fraction of sp³-hybridized carbons (Fsp3) is 0.391. The number of fused-ring (bicyclic) bond motifs is 1. The van der Waals surface area contributed by atoms with E-state index in [4.69, 9.17) is 9.47 Å². The molecule has 1 aromatic heterocycles. The van der Waals surface area contributed by atoms with E-state index in [0.717, 1.165) is 55.4 Å². The van der Waals surface area contributed by atoms with E-state index >= 15 is 0 Å². The minimum absolute atomic E-state index is 0.280. The molecule has 0 atom stereocenters. The lowest BCUT2D eigenvalue weighted by Gasteiger charge is -2.11. The van der Waals surface area contributed by atoms with Crippen molar-refractivity contribution in [2.75, 3.05) is 19.0 Å².